The van der Waals surface area contributed by atoms with Gasteiger partial charge in [-0.3, -0.25) is 14.9 Å². The molecular weight excluding hydrogens is 306 g/mol. The molecule has 0 radical (unpaired) electrons. The number of hydrogen-bond donors (Lipinski definition) is 3. The Bertz CT molecular complexity index is 793. The summed E-state index contributed by atoms with van der Waals surface area (Å²) in [6, 6.07) is 15.6. The number of nitrogens with one attached hydrogen (secondary N) is 2. The average Bonchev–Trinajstić information content (AvgIpc) is 3.09. The number of hydrogen-bond acceptors (Lipinski definition) is 5. The third-order valence-electron chi connectivity index (χ3n) is 4.63. The monoisotopic (exact) mass is 323 g/mol. The van der Waals surface area contributed by atoms with Crippen LogP contribution in [0.4, 0.5) is 0 Å². The zero-order valence-electron chi connectivity index (χ0n) is 12.8. The van der Waals surface area contributed by atoms with E-state index >= 15 is 0 Å². The summed E-state index contributed by atoms with van der Waals surface area (Å²) in [6.07, 6.45) is 0. The molecule has 2 fully saturated rings. The number of phenolic OH excluding ortho intramolecular Hbond substituents is 1. The average molecular weight is 323 g/mol. The van der Waals surface area contributed by atoms with Gasteiger partial charge in [0.15, 0.2) is 0 Å². The van der Waals surface area contributed by atoms with Gasteiger partial charge in [0.1, 0.15) is 11.8 Å². The van der Waals surface area contributed by atoms with E-state index in [2.05, 4.69) is 10.7 Å². The number of amides is 2. The summed E-state index contributed by atoms with van der Waals surface area (Å²) >= 11 is 0. The number of fused-ring (bicyclic) bond motifs is 1. The van der Waals surface area contributed by atoms with Crippen LogP contribution in [0.1, 0.15) is 17.2 Å². The highest BCUT2D eigenvalue weighted by molar-refractivity contribution is 6.07. The van der Waals surface area contributed by atoms with Crippen molar-refractivity contribution in [1.29, 1.82) is 0 Å². The van der Waals surface area contributed by atoms with Crippen molar-refractivity contribution < 1.29 is 14.7 Å². The number of carbonyl (C=O) groups is 2. The summed E-state index contributed by atoms with van der Waals surface area (Å²) < 4.78 is 0. The number of aromatic hydroxyl groups is 1. The Morgan fingerprint density at radius 1 is 0.958 bits per heavy atom. The molecule has 0 aliphatic carbocycles. The van der Waals surface area contributed by atoms with Gasteiger partial charge in [0.05, 0.1) is 12.0 Å². The third-order valence-corrected chi connectivity index (χ3v) is 4.63. The van der Waals surface area contributed by atoms with Gasteiger partial charge in [0, 0.05) is 12.1 Å². The summed E-state index contributed by atoms with van der Waals surface area (Å²) in [6.45, 7) is 0.493. The Labute approximate surface area is 139 Å². The van der Waals surface area contributed by atoms with Gasteiger partial charge in [0.2, 0.25) is 11.8 Å². The summed E-state index contributed by atoms with van der Waals surface area (Å²) in [5, 5.41) is 14.3. The van der Waals surface area contributed by atoms with E-state index < -0.39 is 18.0 Å². The Kier molecular flexibility index (Phi) is 3.55. The molecule has 2 aromatic rings. The Morgan fingerprint density at radius 2 is 1.67 bits per heavy atom. The first kappa shape index (κ1) is 14.9. The number of imide groups is 1. The molecular formula is C18H17N3O3. The van der Waals surface area contributed by atoms with Crippen LogP contribution in [0.15, 0.2) is 54.6 Å². The summed E-state index contributed by atoms with van der Waals surface area (Å²) in [5.74, 6) is -1.05. The van der Waals surface area contributed by atoms with Gasteiger partial charge in [0.25, 0.3) is 0 Å². The number of hydrazine groups is 1. The van der Waals surface area contributed by atoms with Crippen molar-refractivity contribution in [2.45, 2.75) is 18.6 Å². The van der Waals surface area contributed by atoms with Crippen LogP contribution < -0.4 is 10.7 Å². The second-order valence-electron chi connectivity index (χ2n) is 6.10. The standard InChI is InChI=1S/C18H17N3O3/c22-13-9-5-4-8-12(13)15-14-16(18(24)19-17(14)23)21(20-15)10-11-6-2-1-3-7-11/h1-9,14-16,20,22H,10H2,(H,19,23,24). The first-order valence-corrected chi connectivity index (χ1v) is 7.84. The number of rotatable bonds is 3. The van der Waals surface area contributed by atoms with Crippen LogP contribution in [0, 0.1) is 5.92 Å². The van der Waals surface area contributed by atoms with Crippen LogP contribution >= 0.6 is 0 Å². The lowest BCUT2D eigenvalue weighted by molar-refractivity contribution is -0.127. The van der Waals surface area contributed by atoms with Crippen molar-refractivity contribution in [3.63, 3.8) is 0 Å². The van der Waals surface area contributed by atoms with Gasteiger partial charge < -0.3 is 5.11 Å². The largest absolute Gasteiger partial charge is 0.508 e. The minimum absolute atomic E-state index is 0.113. The molecule has 6 nitrogen and oxygen atoms in total. The fourth-order valence-corrected chi connectivity index (χ4v) is 3.53. The van der Waals surface area contributed by atoms with Crippen LogP contribution in [0.5, 0.6) is 5.75 Å². The quantitative estimate of drug-likeness (QED) is 0.737. The fraction of sp³-hybridized carbons (Fsp3) is 0.222. The molecule has 0 bridgehead atoms. The molecule has 2 aliphatic heterocycles. The van der Waals surface area contributed by atoms with Crippen LogP contribution in [-0.4, -0.2) is 28.0 Å². The Balaban J connectivity index is 1.69. The SMILES string of the molecule is O=C1NC(=O)C2C1C(c1ccccc1O)NN2Cc1ccccc1. The lowest BCUT2D eigenvalue weighted by atomic mass is 9.90. The second kappa shape index (κ2) is 5.74. The summed E-state index contributed by atoms with van der Waals surface area (Å²) in [7, 11) is 0. The predicted octanol–water partition coefficient (Wildman–Crippen LogP) is 1.09. The van der Waals surface area contributed by atoms with E-state index in [4.69, 9.17) is 0 Å². The van der Waals surface area contributed by atoms with Crippen molar-refractivity contribution >= 4 is 11.8 Å². The molecule has 3 unspecified atom stereocenters. The number of carbonyl (C=O) groups excluding carboxylic acids is 2. The highest BCUT2D eigenvalue weighted by atomic mass is 16.3. The number of para-hydroxylation sites is 1. The summed E-state index contributed by atoms with van der Waals surface area (Å²) in [4.78, 5) is 24.5. The Hall–Kier alpha value is -2.70. The van der Waals surface area contributed by atoms with Crippen LogP contribution in [0.3, 0.4) is 0 Å². The fourth-order valence-electron chi connectivity index (χ4n) is 3.53. The third kappa shape index (κ3) is 2.36. The van der Waals surface area contributed by atoms with E-state index in [0.29, 0.717) is 12.1 Å². The number of phenols is 1. The first-order chi connectivity index (χ1) is 11.6. The topological polar surface area (TPSA) is 81.7 Å². The van der Waals surface area contributed by atoms with Crippen LogP contribution in [-0.2, 0) is 16.1 Å². The maximum Gasteiger partial charge on any atom is 0.246 e. The minimum atomic E-state index is -0.581. The van der Waals surface area contributed by atoms with Crippen molar-refractivity contribution in [2.24, 2.45) is 5.92 Å². The molecule has 4 rings (SSSR count). The molecule has 2 amide bonds. The maximum absolute atomic E-state index is 12.3. The molecule has 2 saturated heterocycles. The zero-order valence-corrected chi connectivity index (χ0v) is 12.8. The molecule has 0 saturated carbocycles. The van der Waals surface area contributed by atoms with E-state index in [1.807, 2.05) is 30.3 Å². The lowest BCUT2D eigenvalue weighted by Crippen LogP contribution is -2.43. The molecule has 6 heteroatoms. The first-order valence-electron chi connectivity index (χ1n) is 7.84. The van der Waals surface area contributed by atoms with E-state index in [0.717, 1.165) is 5.56 Å². The van der Waals surface area contributed by atoms with Crippen LogP contribution in [0.2, 0.25) is 0 Å². The number of nitrogens with zero attached hydrogens (tertiary/aromatic N) is 1. The molecule has 122 valence electrons. The lowest BCUT2D eigenvalue weighted by Gasteiger charge is -2.22. The predicted molar refractivity (Wildman–Crippen MR) is 86.4 cm³/mol. The van der Waals surface area contributed by atoms with E-state index in [-0.39, 0.29) is 17.6 Å². The van der Waals surface area contributed by atoms with Crippen molar-refractivity contribution in [2.75, 3.05) is 0 Å². The smallest absolute Gasteiger partial charge is 0.246 e. The molecule has 2 aromatic carbocycles. The highest BCUT2D eigenvalue weighted by Crippen LogP contribution is 2.40. The van der Waals surface area contributed by atoms with Gasteiger partial charge in [-0.2, -0.15) is 0 Å². The molecule has 0 spiro atoms. The van der Waals surface area contributed by atoms with E-state index in [1.165, 1.54) is 0 Å². The van der Waals surface area contributed by atoms with Crippen molar-refractivity contribution in [3.8, 4) is 5.75 Å². The van der Waals surface area contributed by atoms with Gasteiger partial charge in [-0.15, -0.1) is 0 Å². The van der Waals surface area contributed by atoms with Gasteiger partial charge in [-0.1, -0.05) is 48.5 Å². The molecule has 2 aliphatic rings. The van der Waals surface area contributed by atoms with Crippen molar-refractivity contribution in [1.82, 2.24) is 15.8 Å². The minimum Gasteiger partial charge on any atom is -0.508 e. The molecule has 3 atom stereocenters. The van der Waals surface area contributed by atoms with Gasteiger partial charge >= 0.3 is 0 Å². The van der Waals surface area contributed by atoms with Gasteiger partial charge in [-0.25, -0.2) is 10.4 Å². The van der Waals surface area contributed by atoms with Gasteiger partial charge in [-0.05, 0) is 11.6 Å². The van der Waals surface area contributed by atoms with E-state index in [9.17, 15) is 14.7 Å². The molecule has 24 heavy (non-hydrogen) atoms. The van der Waals surface area contributed by atoms with E-state index in [1.54, 1.807) is 29.3 Å². The van der Waals surface area contributed by atoms with Crippen molar-refractivity contribution in [3.05, 3.63) is 65.7 Å². The summed E-state index contributed by atoms with van der Waals surface area (Å²) in [5.41, 5.74) is 4.91. The highest BCUT2D eigenvalue weighted by Gasteiger charge is 2.55. The normalized spacial score (nSPS) is 26.4. The second-order valence-corrected chi connectivity index (χ2v) is 6.10. The Morgan fingerprint density at radius 3 is 2.42 bits per heavy atom. The maximum atomic E-state index is 12.3. The zero-order chi connectivity index (χ0) is 16.7. The molecule has 3 N–H and O–H groups in total. The molecule has 2 heterocycles. The van der Waals surface area contributed by atoms with Crippen LogP contribution in [0.25, 0.3) is 0 Å². The molecule has 0 aromatic heterocycles. The number of benzene rings is 2.